The molecule has 1 atom stereocenters. The van der Waals surface area contributed by atoms with Gasteiger partial charge in [0.05, 0.1) is 43.3 Å². The number of carbonyl (C=O) groups excluding carboxylic acids is 1. The number of morpholine rings is 1. The van der Waals surface area contributed by atoms with Crippen molar-refractivity contribution >= 4 is 17.6 Å². The number of ether oxygens (including phenoxy) is 2. The van der Waals surface area contributed by atoms with Crippen LogP contribution in [0.25, 0.3) is 16.9 Å². The number of fused-ring (bicyclic) bond motifs is 1. The van der Waals surface area contributed by atoms with Gasteiger partial charge in [-0.2, -0.15) is 0 Å². The van der Waals surface area contributed by atoms with Crippen LogP contribution >= 0.6 is 0 Å². The van der Waals surface area contributed by atoms with Crippen molar-refractivity contribution in [3.8, 4) is 17.0 Å². The molecule has 2 N–H and O–H groups in total. The molecule has 0 unspecified atom stereocenters. The fourth-order valence-electron chi connectivity index (χ4n) is 3.91. The maximum Gasteiger partial charge on any atom is 0.407 e. The third-order valence-corrected chi connectivity index (χ3v) is 5.53. The lowest BCUT2D eigenvalue weighted by Crippen LogP contribution is -2.45. The van der Waals surface area contributed by atoms with Crippen LogP contribution in [0, 0.1) is 11.6 Å². The highest BCUT2D eigenvalue weighted by Crippen LogP contribution is 2.32. The summed E-state index contributed by atoms with van der Waals surface area (Å²) in [4.78, 5) is 28.9. The van der Waals surface area contributed by atoms with Gasteiger partial charge < -0.3 is 29.2 Å². The number of rotatable bonds is 5. The number of methoxy groups -OCH3 is 1. The maximum absolute atomic E-state index is 15.1. The van der Waals surface area contributed by atoms with Gasteiger partial charge in [-0.05, 0) is 18.2 Å². The highest BCUT2D eigenvalue weighted by atomic mass is 19.1. The number of imidazole rings is 1. The van der Waals surface area contributed by atoms with E-state index in [1.807, 2.05) is 0 Å². The van der Waals surface area contributed by atoms with Gasteiger partial charge in [-0.3, -0.25) is 4.79 Å². The van der Waals surface area contributed by atoms with Gasteiger partial charge in [0.25, 0.3) is 5.91 Å². The summed E-state index contributed by atoms with van der Waals surface area (Å²) in [6.07, 6.45) is 0.218. The minimum atomic E-state index is -1.06. The molecule has 174 valence electrons. The summed E-state index contributed by atoms with van der Waals surface area (Å²) in [7, 11) is 2.86. The fraction of sp³-hybridized carbons (Fsp3) is 0.318. The van der Waals surface area contributed by atoms with E-state index < -0.39 is 29.7 Å². The quantitative estimate of drug-likeness (QED) is 0.607. The number of carbonyl (C=O) groups is 2. The second kappa shape index (κ2) is 9.02. The highest BCUT2D eigenvalue weighted by Gasteiger charge is 2.29. The fourth-order valence-corrected chi connectivity index (χ4v) is 3.91. The van der Waals surface area contributed by atoms with E-state index in [2.05, 4.69) is 10.3 Å². The van der Waals surface area contributed by atoms with E-state index in [0.717, 1.165) is 12.1 Å². The van der Waals surface area contributed by atoms with E-state index in [1.165, 1.54) is 19.1 Å². The Kier molecular flexibility index (Phi) is 6.14. The molecule has 0 bridgehead atoms. The second-order valence-corrected chi connectivity index (χ2v) is 7.52. The van der Waals surface area contributed by atoms with Crippen LogP contribution in [0.1, 0.15) is 16.1 Å². The number of pyridine rings is 1. The smallest absolute Gasteiger partial charge is 0.407 e. The Morgan fingerprint density at radius 2 is 2.03 bits per heavy atom. The van der Waals surface area contributed by atoms with Gasteiger partial charge in [-0.15, -0.1) is 0 Å². The van der Waals surface area contributed by atoms with E-state index >= 15 is 8.78 Å². The zero-order valence-corrected chi connectivity index (χ0v) is 18.0. The lowest BCUT2D eigenvalue weighted by Gasteiger charge is -2.31. The molecule has 0 saturated carbocycles. The Bertz CT molecular complexity index is 1210. The van der Waals surface area contributed by atoms with E-state index in [9.17, 15) is 14.7 Å². The Morgan fingerprint density at radius 1 is 1.30 bits per heavy atom. The van der Waals surface area contributed by atoms with Crippen LogP contribution < -0.4 is 10.1 Å². The third kappa shape index (κ3) is 4.31. The molecule has 0 radical (unpaired) electrons. The molecule has 0 aliphatic carbocycles. The maximum atomic E-state index is 15.1. The average Bonchev–Trinajstić information content (AvgIpc) is 3.14. The van der Waals surface area contributed by atoms with Crippen molar-refractivity contribution in [1.82, 2.24) is 19.6 Å². The van der Waals surface area contributed by atoms with Gasteiger partial charge in [-0.25, -0.2) is 18.6 Å². The largest absolute Gasteiger partial charge is 0.497 e. The van der Waals surface area contributed by atoms with Crippen LogP contribution in [0.4, 0.5) is 13.6 Å². The predicted molar refractivity (Wildman–Crippen MR) is 114 cm³/mol. The van der Waals surface area contributed by atoms with Crippen molar-refractivity contribution in [1.29, 1.82) is 0 Å². The average molecular weight is 460 g/mol. The molecule has 0 spiro atoms. The van der Waals surface area contributed by atoms with Gasteiger partial charge in [-0.1, -0.05) is 0 Å². The molecule has 2 amide bonds. The second-order valence-electron chi connectivity index (χ2n) is 7.52. The van der Waals surface area contributed by atoms with E-state index in [0.29, 0.717) is 17.1 Å². The topological polar surface area (TPSA) is 105 Å². The minimum absolute atomic E-state index is 0.0396. The molecule has 1 aromatic carbocycles. The molecular weight excluding hydrogens is 438 g/mol. The summed E-state index contributed by atoms with van der Waals surface area (Å²) < 4.78 is 42.8. The number of carboxylic acid groups (broad SMARTS) is 1. The number of aromatic nitrogens is 2. The summed E-state index contributed by atoms with van der Waals surface area (Å²) >= 11 is 0. The molecule has 1 saturated heterocycles. The molecule has 9 nitrogen and oxygen atoms in total. The first-order valence-electron chi connectivity index (χ1n) is 10.2. The van der Waals surface area contributed by atoms with Crippen LogP contribution in [0.15, 0.2) is 30.5 Å². The van der Waals surface area contributed by atoms with Crippen molar-refractivity contribution in [2.24, 2.45) is 0 Å². The van der Waals surface area contributed by atoms with Gasteiger partial charge in [0.15, 0.2) is 0 Å². The number of amides is 2. The predicted octanol–water partition coefficient (Wildman–Crippen LogP) is 2.57. The monoisotopic (exact) mass is 460 g/mol. The molecule has 2 aromatic heterocycles. The Labute approximate surface area is 187 Å². The molecule has 1 fully saturated rings. The summed E-state index contributed by atoms with van der Waals surface area (Å²) in [6, 6.07) is 5.20. The molecule has 1 aliphatic rings. The Balaban J connectivity index is 1.83. The van der Waals surface area contributed by atoms with Crippen molar-refractivity contribution in [3.05, 3.63) is 53.4 Å². The molecule has 3 heterocycles. The van der Waals surface area contributed by atoms with Gasteiger partial charge in [0.1, 0.15) is 23.0 Å². The summed E-state index contributed by atoms with van der Waals surface area (Å²) in [5.74, 6) is -2.00. The van der Waals surface area contributed by atoms with Crippen LogP contribution in [0.3, 0.4) is 0 Å². The molecule has 33 heavy (non-hydrogen) atoms. The number of nitrogens with one attached hydrogen (secondary N) is 1. The van der Waals surface area contributed by atoms with Crippen LogP contribution in [0.5, 0.6) is 5.75 Å². The van der Waals surface area contributed by atoms with Crippen LogP contribution in [-0.4, -0.2) is 71.3 Å². The first-order valence-corrected chi connectivity index (χ1v) is 10.2. The standard InChI is InChI=1S/C22H22F2N4O5/c1-25-21(29)12-7-15(23)19(16(24)8-12)20-17(9-14-11-27(22(30)31)5-6-33-14)28-4-3-13(32-2)10-18(28)26-20/h3-4,7-8,10,14H,5-6,9,11H2,1-2H3,(H,25,29)(H,30,31)/t14-/m0/s1. The van der Waals surface area contributed by atoms with Gasteiger partial charge in [0.2, 0.25) is 0 Å². The summed E-state index contributed by atoms with van der Waals surface area (Å²) in [5, 5.41) is 11.6. The van der Waals surface area contributed by atoms with E-state index in [1.54, 1.807) is 22.7 Å². The van der Waals surface area contributed by atoms with Crippen LogP contribution in [-0.2, 0) is 11.2 Å². The number of hydrogen-bond acceptors (Lipinski definition) is 5. The highest BCUT2D eigenvalue weighted by molar-refractivity contribution is 5.94. The lowest BCUT2D eigenvalue weighted by molar-refractivity contribution is -0.0214. The first-order chi connectivity index (χ1) is 15.8. The number of hydrogen-bond donors (Lipinski definition) is 2. The normalized spacial score (nSPS) is 16.1. The van der Waals surface area contributed by atoms with Crippen molar-refractivity contribution in [2.75, 3.05) is 33.9 Å². The lowest BCUT2D eigenvalue weighted by atomic mass is 10.0. The summed E-state index contributed by atoms with van der Waals surface area (Å²) in [5.41, 5.74) is 0.328. The Hall–Kier alpha value is -3.73. The zero-order chi connectivity index (χ0) is 23.7. The van der Waals surface area contributed by atoms with Gasteiger partial charge >= 0.3 is 6.09 Å². The first kappa shape index (κ1) is 22.5. The van der Waals surface area contributed by atoms with Crippen molar-refractivity contribution < 1.29 is 33.0 Å². The molecule has 1 aliphatic heterocycles. The number of nitrogens with zero attached hydrogens (tertiary/aromatic N) is 3. The minimum Gasteiger partial charge on any atom is -0.497 e. The van der Waals surface area contributed by atoms with Crippen molar-refractivity contribution in [3.63, 3.8) is 0 Å². The molecule has 11 heteroatoms. The Morgan fingerprint density at radius 3 is 2.67 bits per heavy atom. The van der Waals surface area contributed by atoms with Crippen molar-refractivity contribution in [2.45, 2.75) is 12.5 Å². The van der Waals surface area contributed by atoms with Gasteiger partial charge in [0, 0.05) is 37.8 Å². The van der Waals surface area contributed by atoms with E-state index in [-0.39, 0.29) is 42.9 Å². The number of halogens is 2. The van der Waals surface area contributed by atoms with Crippen LogP contribution in [0.2, 0.25) is 0 Å². The number of benzene rings is 1. The molecule has 4 rings (SSSR count). The molecular formula is C22H22F2N4O5. The SMILES string of the molecule is CNC(=O)c1cc(F)c(-c2nc3cc(OC)ccn3c2C[C@H]2CN(C(=O)O)CCO2)c(F)c1. The summed E-state index contributed by atoms with van der Waals surface area (Å²) in [6.45, 7) is 0.562. The molecule has 3 aromatic rings. The van der Waals surface area contributed by atoms with E-state index in [4.69, 9.17) is 9.47 Å². The third-order valence-electron chi connectivity index (χ3n) is 5.53. The zero-order valence-electron chi connectivity index (χ0n) is 18.0.